The Labute approximate surface area is 76.1 Å². The molecule has 68 valence electrons. The van der Waals surface area contributed by atoms with Crippen LogP contribution in [-0.4, -0.2) is 0 Å². The lowest BCUT2D eigenvalue weighted by molar-refractivity contribution is 0.0558. The molecule has 0 amide bonds. The molecule has 0 heteroatoms. The standard InChI is InChI=1S/C12H20/c1-8(2)12-9(3)10-4-6-11(12)7-5-10/h9-12H,1,4-7H2,2-3H3/t9-,10?,11?,12-/m0/s1. The monoisotopic (exact) mass is 164 g/mol. The van der Waals surface area contributed by atoms with Crippen LogP contribution in [0.5, 0.6) is 0 Å². The molecule has 2 bridgehead atoms. The molecule has 3 fully saturated rings. The van der Waals surface area contributed by atoms with Crippen LogP contribution in [0, 0.1) is 23.7 Å². The smallest absolute Gasteiger partial charge is 0.0152 e. The Morgan fingerprint density at radius 3 is 1.92 bits per heavy atom. The van der Waals surface area contributed by atoms with E-state index in [0.29, 0.717) is 0 Å². The minimum Gasteiger partial charge on any atom is -0.0998 e. The maximum absolute atomic E-state index is 4.15. The Kier molecular flexibility index (Phi) is 2.02. The van der Waals surface area contributed by atoms with E-state index in [0.717, 1.165) is 23.7 Å². The van der Waals surface area contributed by atoms with Gasteiger partial charge in [0, 0.05) is 0 Å². The SMILES string of the molecule is C=C(C)[C@@H]1C2CCC(CC2)[C@@H]1C. The molecule has 0 aromatic heterocycles. The number of allylic oxidation sites excluding steroid dienone is 1. The third kappa shape index (κ3) is 1.12. The summed E-state index contributed by atoms with van der Waals surface area (Å²) < 4.78 is 0. The van der Waals surface area contributed by atoms with E-state index in [2.05, 4.69) is 20.4 Å². The van der Waals surface area contributed by atoms with Crippen molar-refractivity contribution in [1.29, 1.82) is 0 Å². The van der Waals surface area contributed by atoms with Gasteiger partial charge in [0.1, 0.15) is 0 Å². The summed E-state index contributed by atoms with van der Waals surface area (Å²) in [5.74, 6) is 3.80. The van der Waals surface area contributed by atoms with Crippen LogP contribution in [0.25, 0.3) is 0 Å². The van der Waals surface area contributed by atoms with Gasteiger partial charge in [-0.3, -0.25) is 0 Å². The van der Waals surface area contributed by atoms with Crippen molar-refractivity contribution in [3.63, 3.8) is 0 Å². The zero-order valence-corrected chi connectivity index (χ0v) is 8.34. The van der Waals surface area contributed by atoms with E-state index in [9.17, 15) is 0 Å². The van der Waals surface area contributed by atoms with E-state index >= 15 is 0 Å². The fraction of sp³-hybridized carbons (Fsp3) is 0.833. The summed E-state index contributed by atoms with van der Waals surface area (Å²) in [6.07, 6.45) is 5.95. The van der Waals surface area contributed by atoms with Crippen molar-refractivity contribution >= 4 is 0 Å². The van der Waals surface area contributed by atoms with Crippen molar-refractivity contribution in [2.45, 2.75) is 39.5 Å². The first kappa shape index (κ1) is 8.34. The second kappa shape index (κ2) is 2.90. The normalized spacial score (nSPS) is 46.2. The Morgan fingerprint density at radius 2 is 1.58 bits per heavy atom. The lowest BCUT2D eigenvalue weighted by Gasteiger charge is -2.48. The Balaban J connectivity index is 2.18. The minimum atomic E-state index is 0.859. The van der Waals surface area contributed by atoms with Crippen molar-refractivity contribution in [2.24, 2.45) is 23.7 Å². The van der Waals surface area contributed by atoms with E-state index in [1.54, 1.807) is 0 Å². The highest BCUT2D eigenvalue weighted by atomic mass is 14.5. The summed E-state index contributed by atoms with van der Waals surface area (Å²) in [5, 5.41) is 0. The predicted molar refractivity (Wildman–Crippen MR) is 52.9 cm³/mol. The average molecular weight is 164 g/mol. The quantitative estimate of drug-likeness (QED) is 0.519. The zero-order valence-electron chi connectivity index (χ0n) is 8.34. The molecule has 0 unspecified atom stereocenters. The molecule has 0 aliphatic heterocycles. The number of rotatable bonds is 1. The van der Waals surface area contributed by atoms with Crippen LogP contribution >= 0.6 is 0 Å². The van der Waals surface area contributed by atoms with Gasteiger partial charge in [-0.2, -0.15) is 0 Å². The third-order valence-electron chi connectivity index (χ3n) is 4.20. The van der Waals surface area contributed by atoms with E-state index in [-0.39, 0.29) is 0 Å². The molecule has 0 aromatic carbocycles. The Morgan fingerprint density at radius 1 is 1.08 bits per heavy atom. The highest BCUT2D eigenvalue weighted by Gasteiger charge is 2.40. The lowest BCUT2D eigenvalue weighted by atomic mass is 9.58. The molecule has 3 rings (SSSR count). The molecule has 0 N–H and O–H groups in total. The first-order chi connectivity index (χ1) is 5.70. The first-order valence-electron chi connectivity index (χ1n) is 5.35. The van der Waals surface area contributed by atoms with Gasteiger partial charge in [-0.05, 0) is 56.3 Å². The lowest BCUT2D eigenvalue weighted by Crippen LogP contribution is -2.38. The summed E-state index contributed by atoms with van der Waals surface area (Å²) in [6, 6.07) is 0. The van der Waals surface area contributed by atoms with Crippen LogP contribution in [-0.2, 0) is 0 Å². The predicted octanol–water partition coefficient (Wildman–Crippen LogP) is 3.63. The van der Waals surface area contributed by atoms with Crippen LogP contribution in [0.2, 0.25) is 0 Å². The summed E-state index contributed by atoms with van der Waals surface area (Å²) in [6.45, 7) is 8.81. The van der Waals surface area contributed by atoms with Crippen molar-refractivity contribution in [1.82, 2.24) is 0 Å². The van der Waals surface area contributed by atoms with Crippen molar-refractivity contribution in [2.75, 3.05) is 0 Å². The van der Waals surface area contributed by atoms with Crippen LogP contribution in [0.3, 0.4) is 0 Å². The van der Waals surface area contributed by atoms with Crippen molar-refractivity contribution in [3.8, 4) is 0 Å². The molecule has 0 aromatic rings. The van der Waals surface area contributed by atoms with Crippen molar-refractivity contribution < 1.29 is 0 Å². The van der Waals surface area contributed by atoms with E-state index in [1.807, 2.05) is 0 Å². The van der Waals surface area contributed by atoms with Gasteiger partial charge in [-0.1, -0.05) is 19.1 Å². The van der Waals surface area contributed by atoms with Gasteiger partial charge in [0.25, 0.3) is 0 Å². The second-order valence-corrected chi connectivity index (χ2v) is 4.91. The maximum atomic E-state index is 4.15. The molecule has 0 nitrogen and oxygen atoms in total. The molecular weight excluding hydrogens is 144 g/mol. The van der Waals surface area contributed by atoms with Crippen molar-refractivity contribution in [3.05, 3.63) is 12.2 Å². The molecule has 3 aliphatic rings. The largest absolute Gasteiger partial charge is 0.0998 e. The highest BCUT2D eigenvalue weighted by molar-refractivity contribution is 5.06. The van der Waals surface area contributed by atoms with Crippen LogP contribution in [0.1, 0.15) is 39.5 Å². The van der Waals surface area contributed by atoms with Gasteiger partial charge in [0.2, 0.25) is 0 Å². The topological polar surface area (TPSA) is 0 Å². The fourth-order valence-electron chi connectivity index (χ4n) is 3.60. The van der Waals surface area contributed by atoms with E-state index < -0.39 is 0 Å². The molecule has 0 radical (unpaired) electrons. The molecule has 0 spiro atoms. The summed E-state index contributed by atoms with van der Waals surface area (Å²) in [7, 11) is 0. The van der Waals surface area contributed by atoms with Gasteiger partial charge in [-0.15, -0.1) is 0 Å². The zero-order chi connectivity index (χ0) is 8.72. The number of fused-ring (bicyclic) bond motifs is 3. The Bertz CT molecular complexity index is 182. The number of hydrogen-bond acceptors (Lipinski definition) is 0. The second-order valence-electron chi connectivity index (χ2n) is 4.91. The molecule has 2 atom stereocenters. The molecule has 0 heterocycles. The molecular formula is C12H20. The molecule has 12 heavy (non-hydrogen) atoms. The average Bonchev–Trinajstić information content (AvgIpc) is 2.05. The molecule has 3 saturated carbocycles. The Hall–Kier alpha value is -0.260. The number of hydrogen-bond donors (Lipinski definition) is 0. The molecule has 3 aliphatic carbocycles. The first-order valence-corrected chi connectivity index (χ1v) is 5.35. The van der Waals surface area contributed by atoms with E-state index in [4.69, 9.17) is 0 Å². The van der Waals surface area contributed by atoms with Gasteiger partial charge in [0.15, 0.2) is 0 Å². The third-order valence-corrected chi connectivity index (χ3v) is 4.20. The van der Waals surface area contributed by atoms with Gasteiger partial charge in [-0.25, -0.2) is 0 Å². The summed E-state index contributed by atoms with van der Waals surface area (Å²) in [5.41, 5.74) is 1.44. The van der Waals surface area contributed by atoms with Crippen LogP contribution in [0.4, 0.5) is 0 Å². The van der Waals surface area contributed by atoms with E-state index in [1.165, 1.54) is 31.3 Å². The van der Waals surface area contributed by atoms with Gasteiger partial charge < -0.3 is 0 Å². The fourth-order valence-corrected chi connectivity index (χ4v) is 3.60. The molecule has 0 saturated heterocycles. The maximum Gasteiger partial charge on any atom is -0.0152 e. The van der Waals surface area contributed by atoms with Gasteiger partial charge in [0.05, 0.1) is 0 Å². The van der Waals surface area contributed by atoms with Crippen LogP contribution < -0.4 is 0 Å². The van der Waals surface area contributed by atoms with Crippen LogP contribution in [0.15, 0.2) is 12.2 Å². The minimum absolute atomic E-state index is 0.859. The van der Waals surface area contributed by atoms with Gasteiger partial charge >= 0.3 is 0 Å². The summed E-state index contributed by atoms with van der Waals surface area (Å²) >= 11 is 0. The highest BCUT2D eigenvalue weighted by Crippen LogP contribution is 2.50. The summed E-state index contributed by atoms with van der Waals surface area (Å²) in [4.78, 5) is 0.